The second-order valence-corrected chi connectivity index (χ2v) is 27.3. The fraction of sp³-hybridized carbons (Fsp3) is 0.643. The summed E-state index contributed by atoms with van der Waals surface area (Å²) in [5.41, 5.74) is 0. The summed E-state index contributed by atoms with van der Waals surface area (Å²) in [4.78, 5) is 38.2. The Kier molecular flexibility index (Phi) is 69.1. The number of carbonyl (C=O) groups excluding carboxylic acids is 2. The smallest absolute Gasteiger partial charge is 0.306 e. The molecule has 534 valence electrons. The summed E-state index contributed by atoms with van der Waals surface area (Å²) in [5, 5.41) is 0. The van der Waals surface area contributed by atoms with Crippen LogP contribution in [0.1, 0.15) is 296 Å². The highest BCUT2D eigenvalue weighted by molar-refractivity contribution is 7.45. The van der Waals surface area contributed by atoms with Gasteiger partial charge >= 0.3 is 11.9 Å². The minimum absolute atomic E-state index is 0.0380. The molecule has 0 saturated heterocycles. The van der Waals surface area contributed by atoms with Crippen LogP contribution >= 0.6 is 7.82 Å². The molecule has 0 rings (SSSR count). The van der Waals surface area contributed by atoms with Crippen molar-refractivity contribution in [1.29, 1.82) is 0 Å². The van der Waals surface area contributed by atoms with Gasteiger partial charge in [0.05, 0.1) is 27.7 Å². The molecule has 10 heteroatoms. The van der Waals surface area contributed by atoms with Crippen molar-refractivity contribution >= 4 is 19.8 Å². The number of rotatable bonds is 68. The summed E-state index contributed by atoms with van der Waals surface area (Å²) < 4.78 is 34.4. The van der Waals surface area contributed by atoms with Gasteiger partial charge < -0.3 is 27.9 Å². The Morgan fingerprint density at radius 1 is 0.330 bits per heavy atom. The molecule has 9 nitrogen and oxygen atoms in total. The van der Waals surface area contributed by atoms with Crippen LogP contribution in [-0.4, -0.2) is 70.0 Å². The summed E-state index contributed by atoms with van der Waals surface area (Å²) >= 11 is 0. The van der Waals surface area contributed by atoms with Crippen molar-refractivity contribution in [2.24, 2.45) is 0 Å². The summed E-state index contributed by atoms with van der Waals surface area (Å²) in [6.45, 7) is 4.01. The van der Waals surface area contributed by atoms with E-state index in [0.29, 0.717) is 17.4 Å². The van der Waals surface area contributed by atoms with E-state index in [2.05, 4.69) is 184 Å². The van der Waals surface area contributed by atoms with Crippen LogP contribution in [0.25, 0.3) is 0 Å². The Bertz CT molecular complexity index is 2200. The lowest BCUT2D eigenvalue weighted by molar-refractivity contribution is -0.870. The first-order chi connectivity index (χ1) is 46.0. The standard InChI is InChI=1S/C84H140NO8P/c1-6-8-10-12-14-16-18-20-22-24-26-28-30-32-34-36-38-40-41-42-43-45-47-49-51-53-55-57-59-61-63-65-67-69-71-73-75-77-84(87)93-82(81-92-94(88,89)91-79-78-85(3,4)5)80-90-83(86)76-74-72-70-68-66-64-62-60-58-56-54-52-50-48-46-44-39-37-35-33-31-29-27-25-23-21-19-17-15-13-11-9-7-2/h8-11,14-17,20-23,26-29,32-35,38-40,42-44,48,50,82H,6-7,12-13,18-19,24-25,30-31,36-37,41,45-47,49,51-81H2,1-5H3/b10-8-,11-9-,16-14-,17-15-,22-20-,23-21-,28-26-,29-27-,34-32-,35-33-,40-38-,43-42-,44-39-,50-48-. The number of phosphoric acid groups is 1. The zero-order chi connectivity index (χ0) is 68.3. The number of hydrogen-bond donors (Lipinski definition) is 0. The molecule has 94 heavy (non-hydrogen) atoms. The fourth-order valence-electron chi connectivity index (χ4n) is 10.0. The van der Waals surface area contributed by atoms with E-state index >= 15 is 0 Å². The zero-order valence-electron chi connectivity index (χ0n) is 60.8. The minimum Gasteiger partial charge on any atom is -0.756 e. The van der Waals surface area contributed by atoms with Crippen LogP contribution in [0.2, 0.25) is 0 Å². The van der Waals surface area contributed by atoms with Crippen LogP contribution in [0, 0.1) is 0 Å². The number of likely N-dealkylation sites (N-methyl/N-ethyl adjacent to an activating group) is 1. The van der Waals surface area contributed by atoms with Gasteiger partial charge in [0.15, 0.2) is 6.10 Å². The van der Waals surface area contributed by atoms with E-state index in [1.54, 1.807) is 0 Å². The van der Waals surface area contributed by atoms with E-state index < -0.39 is 26.5 Å². The third kappa shape index (κ3) is 76.4. The van der Waals surface area contributed by atoms with E-state index in [4.69, 9.17) is 18.5 Å². The number of esters is 2. The molecular formula is C84H140NO8P. The molecule has 0 fully saturated rings. The first kappa shape index (κ1) is 89.4. The molecule has 2 atom stereocenters. The Labute approximate surface area is 578 Å². The van der Waals surface area contributed by atoms with Gasteiger partial charge in [-0.15, -0.1) is 0 Å². The molecule has 0 radical (unpaired) electrons. The molecule has 0 aliphatic heterocycles. The maximum absolute atomic E-state index is 12.9. The van der Waals surface area contributed by atoms with Crippen LogP contribution in [0.3, 0.4) is 0 Å². The lowest BCUT2D eigenvalue weighted by Crippen LogP contribution is -2.37. The van der Waals surface area contributed by atoms with Crippen molar-refractivity contribution in [3.8, 4) is 0 Å². The first-order valence-corrected chi connectivity index (χ1v) is 39.3. The fourth-order valence-corrected chi connectivity index (χ4v) is 10.8. The van der Waals surface area contributed by atoms with Gasteiger partial charge in [-0.2, -0.15) is 0 Å². The largest absolute Gasteiger partial charge is 0.756 e. The maximum atomic E-state index is 12.9. The molecule has 0 aromatic heterocycles. The Morgan fingerprint density at radius 3 is 0.851 bits per heavy atom. The van der Waals surface area contributed by atoms with Crippen molar-refractivity contribution in [2.45, 2.75) is 302 Å². The molecule has 0 saturated carbocycles. The number of unbranched alkanes of at least 4 members (excludes halogenated alkanes) is 26. The van der Waals surface area contributed by atoms with E-state index in [1.165, 1.54) is 122 Å². The average Bonchev–Trinajstić information content (AvgIpc) is 1.56. The Balaban J connectivity index is 4.06. The Morgan fingerprint density at radius 2 is 0.574 bits per heavy atom. The van der Waals surface area contributed by atoms with Gasteiger partial charge in [-0.05, 0) is 128 Å². The number of allylic oxidation sites excluding steroid dienone is 28. The van der Waals surface area contributed by atoms with Crippen molar-refractivity contribution in [2.75, 3.05) is 47.5 Å². The predicted octanol–water partition coefficient (Wildman–Crippen LogP) is 24.6. The van der Waals surface area contributed by atoms with Gasteiger partial charge in [0.2, 0.25) is 0 Å². The highest BCUT2D eigenvalue weighted by atomic mass is 31.2. The van der Waals surface area contributed by atoms with Crippen LogP contribution in [0.4, 0.5) is 0 Å². The van der Waals surface area contributed by atoms with Gasteiger partial charge in [-0.1, -0.05) is 325 Å². The van der Waals surface area contributed by atoms with E-state index in [-0.39, 0.29) is 32.0 Å². The molecule has 0 aromatic carbocycles. The quantitative estimate of drug-likeness (QED) is 0.0195. The van der Waals surface area contributed by atoms with E-state index in [9.17, 15) is 19.0 Å². The van der Waals surface area contributed by atoms with Crippen molar-refractivity contribution in [3.05, 3.63) is 170 Å². The van der Waals surface area contributed by atoms with Crippen molar-refractivity contribution in [1.82, 2.24) is 0 Å². The molecular weight excluding hydrogens is 1180 g/mol. The molecule has 0 spiro atoms. The summed E-state index contributed by atoms with van der Waals surface area (Å²) in [7, 11) is 1.15. The van der Waals surface area contributed by atoms with Crippen molar-refractivity contribution < 1.29 is 42.1 Å². The highest BCUT2D eigenvalue weighted by Crippen LogP contribution is 2.38. The molecule has 0 heterocycles. The first-order valence-electron chi connectivity index (χ1n) is 37.8. The zero-order valence-corrected chi connectivity index (χ0v) is 61.7. The van der Waals surface area contributed by atoms with Gasteiger partial charge in [0, 0.05) is 12.8 Å². The molecule has 0 N–H and O–H groups in total. The number of phosphoric ester groups is 1. The number of hydrogen-bond acceptors (Lipinski definition) is 8. The molecule has 0 aromatic rings. The Hall–Kier alpha value is -4.63. The van der Waals surface area contributed by atoms with Crippen LogP contribution in [0.15, 0.2) is 170 Å². The highest BCUT2D eigenvalue weighted by Gasteiger charge is 2.22. The van der Waals surface area contributed by atoms with Gasteiger partial charge in [0.1, 0.15) is 19.8 Å². The summed E-state index contributed by atoms with van der Waals surface area (Å²) in [5.74, 6) is -0.839. The van der Waals surface area contributed by atoms with Crippen molar-refractivity contribution in [3.63, 3.8) is 0 Å². The molecule has 0 amide bonds. The maximum Gasteiger partial charge on any atom is 0.306 e. The third-order valence-corrected chi connectivity index (χ3v) is 16.7. The second-order valence-electron chi connectivity index (χ2n) is 25.9. The average molecular weight is 1320 g/mol. The predicted molar refractivity (Wildman–Crippen MR) is 406 cm³/mol. The SMILES string of the molecule is CC/C=C\C/C=C\C/C=C\C/C=C\C/C=C\C/C=C\C/C=C\CCCCCCCCCCCCCCCCCC(=O)OC(COC(=O)CCCCCCCCCCCCC/C=C\C/C=C\C/C=C\C/C=C\C/C=C\C/C=C\C/C=C\CC)COP(=O)([O-])OCC[N+](C)(C)C. The molecule has 2 unspecified atom stereocenters. The third-order valence-electron chi connectivity index (χ3n) is 15.7. The van der Waals surface area contributed by atoms with Crippen LogP contribution < -0.4 is 4.89 Å². The van der Waals surface area contributed by atoms with Crippen LogP contribution in [0.5, 0.6) is 0 Å². The minimum atomic E-state index is -4.66. The molecule has 0 aliphatic carbocycles. The van der Waals surface area contributed by atoms with Gasteiger partial charge in [0.25, 0.3) is 7.82 Å². The molecule has 0 bridgehead atoms. The lowest BCUT2D eigenvalue weighted by Gasteiger charge is -2.28. The summed E-state index contributed by atoms with van der Waals surface area (Å²) in [6.07, 6.45) is 110. The normalized spacial score (nSPS) is 14.1. The summed E-state index contributed by atoms with van der Waals surface area (Å²) in [6, 6.07) is 0. The number of nitrogens with zero attached hydrogens (tertiary/aromatic N) is 1. The number of quaternary nitrogens is 1. The van der Waals surface area contributed by atoms with Gasteiger partial charge in [-0.25, -0.2) is 0 Å². The number of ether oxygens (including phenoxy) is 2. The van der Waals surface area contributed by atoms with E-state index in [0.717, 1.165) is 141 Å². The van der Waals surface area contributed by atoms with Gasteiger partial charge in [-0.3, -0.25) is 14.2 Å². The monoisotopic (exact) mass is 1320 g/mol. The second kappa shape index (κ2) is 72.6. The van der Waals surface area contributed by atoms with E-state index in [1.807, 2.05) is 21.1 Å². The number of carbonyl (C=O) groups is 2. The molecule has 0 aliphatic rings. The topological polar surface area (TPSA) is 111 Å². The van der Waals surface area contributed by atoms with Crippen LogP contribution in [-0.2, 0) is 32.7 Å². The lowest BCUT2D eigenvalue weighted by atomic mass is 10.0.